The van der Waals surface area contributed by atoms with Crippen molar-refractivity contribution < 1.29 is 14.6 Å². The summed E-state index contributed by atoms with van der Waals surface area (Å²) < 4.78 is 5.54. The molecule has 0 unspecified atom stereocenters. The summed E-state index contributed by atoms with van der Waals surface area (Å²) in [6, 6.07) is 5.38. The van der Waals surface area contributed by atoms with E-state index >= 15 is 0 Å². The molecule has 0 radical (unpaired) electrons. The zero-order chi connectivity index (χ0) is 15.3. The molecule has 1 aliphatic carbocycles. The number of amides is 1. The van der Waals surface area contributed by atoms with E-state index in [1.54, 1.807) is 12.1 Å². The van der Waals surface area contributed by atoms with Crippen molar-refractivity contribution in [1.82, 2.24) is 5.32 Å². The van der Waals surface area contributed by atoms with Crippen LogP contribution in [0.4, 0.5) is 0 Å². The minimum Gasteiger partial charge on any atom is -0.492 e. The fraction of sp³-hybridized carbons (Fsp3) is 0.562. The van der Waals surface area contributed by atoms with Gasteiger partial charge in [0.2, 0.25) is 0 Å². The van der Waals surface area contributed by atoms with Crippen LogP contribution in [-0.4, -0.2) is 36.3 Å². The quantitative estimate of drug-likeness (QED) is 0.739. The van der Waals surface area contributed by atoms with Gasteiger partial charge in [-0.1, -0.05) is 18.9 Å². The van der Waals surface area contributed by atoms with Gasteiger partial charge in [0.05, 0.1) is 12.1 Å². The number of hydrogen-bond donors (Lipinski definition) is 3. The number of hydrogen-bond acceptors (Lipinski definition) is 4. The highest BCUT2D eigenvalue weighted by molar-refractivity contribution is 5.95. The lowest BCUT2D eigenvalue weighted by Gasteiger charge is -2.28. The Morgan fingerprint density at radius 1 is 1.43 bits per heavy atom. The highest BCUT2D eigenvalue weighted by Crippen LogP contribution is 2.29. The molecule has 21 heavy (non-hydrogen) atoms. The largest absolute Gasteiger partial charge is 0.492 e. The molecule has 1 aromatic carbocycles. The fourth-order valence-electron chi connectivity index (χ4n) is 2.75. The molecule has 1 amide bonds. The second kappa shape index (κ2) is 6.91. The van der Waals surface area contributed by atoms with Crippen LogP contribution >= 0.6 is 0 Å². The van der Waals surface area contributed by atoms with Crippen molar-refractivity contribution in [2.75, 3.05) is 19.8 Å². The van der Waals surface area contributed by atoms with E-state index < -0.39 is 5.54 Å². The zero-order valence-corrected chi connectivity index (χ0v) is 12.5. The molecule has 0 aliphatic heterocycles. The lowest BCUT2D eigenvalue weighted by molar-refractivity contribution is 0.0838. The van der Waals surface area contributed by atoms with Crippen molar-refractivity contribution >= 4 is 5.91 Å². The van der Waals surface area contributed by atoms with E-state index in [1.165, 1.54) is 0 Å². The Bertz CT molecular complexity index is 496. The molecule has 0 spiro atoms. The molecule has 4 N–H and O–H groups in total. The molecule has 0 atom stereocenters. The Morgan fingerprint density at radius 2 is 2.14 bits per heavy atom. The zero-order valence-electron chi connectivity index (χ0n) is 12.5. The predicted molar refractivity (Wildman–Crippen MR) is 81.5 cm³/mol. The number of aliphatic hydroxyl groups is 1. The van der Waals surface area contributed by atoms with Gasteiger partial charge in [-0.3, -0.25) is 4.79 Å². The SMILES string of the molecule is Cc1ccc(C(=O)NC2(CO)CCCC2)cc1OCCN. The average Bonchev–Trinajstić information content (AvgIpc) is 2.95. The first kappa shape index (κ1) is 15.8. The van der Waals surface area contributed by atoms with E-state index in [1.807, 2.05) is 13.0 Å². The highest BCUT2D eigenvalue weighted by Gasteiger charge is 2.34. The van der Waals surface area contributed by atoms with Crippen molar-refractivity contribution in [3.63, 3.8) is 0 Å². The number of carbonyl (C=O) groups is 1. The van der Waals surface area contributed by atoms with Gasteiger partial charge in [-0.15, -0.1) is 0 Å². The molecule has 1 saturated carbocycles. The molecular formula is C16H24N2O3. The molecule has 1 fully saturated rings. The minimum atomic E-state index is -0.458. The number of ether oxygens (including phenoxy) is 1. The lowest BCUT2D eigenvalue weighted by Crippen LogP contribution is -2.49. The monoisotopic (exact) mass is 292 g/mol. The highest BCUT2D eigenvalue weighted by atomic mass is 16.5. The lowest BCUT2D eigenvalue weighted by atomic mass is 9.98. The van der Waals surface area contributed by atoms with Gasteiger partial charge in [-0.05, 0) is 37.5 Å². The standard InChI is InChI=1S/C16H24N2O3/c1-12-4-5-13(10-14(12)21-9-8-17)15(20)18-16(11-19)6-2-3-7-16/h4-5,10,19H,2-3,6-9,11,17H2,1H3,(H,18,20). The van der Waals surface area contributed by atoms with Gasteiger partial charge in [0.25, 0.3) is 5.91 Å². The first-order chi connectivity index (χ1) is 10.1. The minimum absolute atomic E-state index is 0.0128. The van der Waals surface area contributed by atoms with Crippen LogP contribution in [0.3, 0.4) is 0 Å². The van der Waals surface area contributed by atoms with E-state index in [0.29, 0.717) is 24.5 Å². The van der Waals surface area contributed by atoms with Crippen molar-refractivity contribution in [3.05, 3.63) is 29.3 Å². The average molecular weight is 292 g/mol. The normalized spacial score (nSPS) is 16.7. The number of carbonyl (C=O) groups excluding carboxylic acids is 1. The maximum absolute atomic E-state index is 12.4. The van der Waals surface area contributed by atoms with Crippen LogP contribution in [0.2, 0.25) is 0 Å². The molecule has 0 bridgehead atoms. The predicted octanol–water partition coefficient (Wildman–Crippen LogP) is 1.37. The number of nitrogens with two attached hydrogens (primary N) is 1. The fourth-order valence-corrected chi connectivity index (χ4v) is 2.75. The Balaban J connectivity index is 2.11. The first-order valence-corrected chi connectivity index (χ1v) is 7.47. The van der Waals surface area contributed by atoms with Crippen molar-refractivity contribution in [3.8, 4) is 5.75 Å². The summed E-state index contributed by atoms with van der Waals surface area (Å²) in [5, 5.41) is 12.6. The maximum atomic E-state index is 12.4. The molecule has 5 heteroatoms. The Labute approximate surface area is 125 Å². The Hall–Kier alpha value is -1.59. The van der Waals surface area contributed by atoms with Gasteiger partial charge in [-0.2, -0.15) is 0 Å². The number of rotatable bonds is 6. The third-order valence-corrected chi connectivity index (χ3v) is 4.07. The molecule has 0 aromatic heterocycles. The van der Waals surface area contributed by atoms with Gasteiger partial charge >= 0.3 is 0 Å². The number of aliphatic hydroxyl groups excluding tert-OH is 1. The second-order valence-corrected chi connectivity index (χ2v) is 5.72. The van der Waals surface area contributed by atoms with Crippen molar-refractivity contribution in [2.24, 2.45) is 5.73 Å². The molecule has 116 valence electrons. The number of aryl methyl sites for hydroxylation is 1. The molecule has 0 saturated heterocycles. The van der Waals surface area contributed by atoms with E-state index in [2.05, 4.69) is 5.32 Å². The van der Waals surface area contributed by atoms with E-state index in [-0.39, 0.29) is 12.5 Å². The summed E-state index contributed by atoms with van der Waals surface area (Å²) in [4.78, 5) is 12.4. The van der Waals surface area contributed by atoms with Crippen LogP contribution in [0.15, 0.2) is 18.2 Å². The summed E-state index contributed by atoms with van der Waals surface area (Å²) in [5.41, 5.74) is 6.50. The molecule has 2 rings (SSSR count). The van der Waals surface area contributed by atoms with Crippen LogP contribution in [0.5, 0.6) is 5.75 Å². The molecule has 1 aromatic rings. The third kappa shape index (κ3) is 3.74. The van der Waals surface area contributed by atoms with E-state index in [9.17, 15) is 9.90 Å². The van der Waals surface area contributed by atoms with Gasteiger partial charge in [0, 0.05) is 12.1 Å². The van der Waals surface area contributed by atoms with Crippen LogP contribution in [0.1, 0.15) is 41.6 Å². The van der Waals surface area contributed by atoms with E-state index in [0.717, 1.165) is 31.2 Å². The topological polar surface area (TPSA) is 84.6 Å². The second-order valence-electron chi connectivity index (χ2n) is 5.72. The van der Waals surface area contributed by atoms with Crippen molar-refractivity contribution in [2.45, 2.75) is 38.1 Å². The van der Waals surface area contributed by atoms with Gasteiger partial charge in [-0.25, -0.2) is 0 Å². The summed E-state index contributed by atoms with van der Waals surface area (Å²) in [5.74, 6) is 0.515. The Kier molecular flexibility index (Phi) is 5.20. The number of nitrogens with one attached hydrogen (secondary N) is 1. The summed E-state index contributed by atoms with van der Waals surface area (Å²) in [7, 11) is 0. The third-order valence-electron chi connectivity index (χ3n) is 4.07. The molecule has 5 nitrogen and oxygen atoms in total. The van der Waals surface area contributed by atoms with Gasteiger partial charge in [0.1, 0.15) is 12.4 Å². The first-order valence-electron chi connectivity index (χ1n) is 7.47. The Morgan fingerprint density at radius 3 is 2.76 bits per heavy atom. The van der Waals surface area contributed by atoms with Crippen molar-refractivity contribution in [1.29, 1.82) is 0 Å². The van der Waals surface area contributed by atoms with E-state index in [4.69, 9.17) is 10.5 Å². The van der Waals surface area contributed by atoms with Gasteiger partial charge in [0.15, 0.2) is 0 Å². The smallest absolute Gasteiger partial charge is 0.251 e. The molecule has 0 heterocycles. The summed E-state index contributed by atoms with van der Waals surface area (Å²) in [6.45, 7) is 2.77. The molecule has 1 aliphatic rings. The van der Waals surface area contributed by atoms with Crippen LogP contribution in [0.25, 0.3) is 0 Å². The van der Waals surface area contributed by atoms with Crippen LogP contribution in [-0.2, 0) is 0 Å². The molecular weight excluding hydrogens is 268 g/mol. The maximum Gasteiger partial charge on any atom is 0.251 e. The van der Waals surface area contributed by atoms with Crippen LogP contribution in [0, 0.1) is 6.92 Å². The van der Waals surface area contributed by atoms with Crippen LogP contribution < -0.4 is 15.8 Å². The van der Waals surface area contributed by atoms with Gasteiger partial charge < -0.3 is 20.9 Å². The summed E-state index contributed by atoms with van der Waals surface area (Å²) >= 11 is 0. The summed E-state index contributed by atoms with van der Waals surface area (Å²) in [6.07, 6.45) is 3.74. The number of benzene rings is 1.